The number of rotatable bonds is 8. The molecule has 2 saturated heterocycles. The Balaban J connectivity index is 1.36. The fraction of sp³-hybridized carbons (Fsp3) is 0.379. The first-order valence-electron chi connectivity index (χ1n) is 12.8. The van der Waals surface area contributed by atoms with Crippen LogP contribution in [0.3, 0.4) is 0 Å². The van der Waals surface area contributed by atoms with Crippen molar-refractivity contribution in [2.45, 2.75) is 50.4 Å². The van der Waals surface area contributed by atoms with Gasteiger partial charge in [0.15, 0.2) is 6.29 Å². The number of amides is 1. The van der Waals surface area contributed by atoms with Crippen LogP contribution in [0.5, 0.6) is 0 Å². The minimum atomic E-state index is -0.619. The van der Waals surface area contributed by atoms with Gasteiger partial charge in [0.25, 0.3) is 5.91 Å². The summed E-state index contributed by atoms with van der Waals surface area (Å²) in [5, 5.41) is 22.2. The lowest BCUT2D eigenvalue weighted by atomic mass is 9.99. The molecule has 0 bridgehead atoms. The third-order valence-corrected chi connectivity index (χ3v) is 7.10. The van der Waals surface area contributed by atoms with E-state index in [0.29, 0.717) is 24.2 Å². The number of likely N-dealkylation sites (tertiary alicyclic amines) is 1. The molecule has 5 rings (SSSR count). The van der Waals surface area contributed by atoms with Gasteiger partial charge in [-0.15, -0.1) is 0 Å². The SMILES string of the molecule is O=C(Nc1cccc([C@H]2O[C@@H](CN3CCC[C@H]3CO)C[C@@H](c3ccc(CO)cc3)O2)c1)c1cccnc1. The maximum atomic E-state index is 12.6. The number of anilines is 1. The van der Waals surface area contributed by atoms with E-state index in [0.717, 1.165) is 36.1 Å². The maximum Gasteiger partial charge on any atom is 0.257 e. The molecule has 3 N–H and O–H groups in total. The smallest absolute Gasteiger partial charge is 0.257 e. The first-order chi connectivity index (χ1) is 18.1. The molecule has 0 spiro atoms. The molecule has 194 valence electrons. The maximum absolute atomic E-state index is 12.6. The van der Waals surface area contributed by atoms with E-state index in [2.05, 4.69) is 15.2 Å². The summed E-state index contributed by atoms with van der Waals surface area (Å²) in [5.74, 6) is -0.237. The molecule has 1 amide bonds. The van der Waals surface area contributed by atoms with Crippen LogP contribution in [0.25, 0.3) is 0 Å². The largest absolute Gasteiger partial charge is 0.395 e. The lowest BCUT2D eigenvalue weighted by Crippen LogP contribution is -2.42. The van der Waals surface area contributed by atoms with E-state index < -0.39 is 6.29 Å². The number of carbonyl (C=O) groups is 1. The van der Waals surface area contributed by atoms with Gasteiger partial charge in [-0.05, 0) is 54.8 Å². The number of nitrogens with zero attached hydrogens (tertiary/aromatic N) is 2. The van der Waals surface area contributed by atoms with Crippen molar-refractivity contribution in [2.75, 3.05) is 25.0 Å². The second-order valence-corrected chi connectivity index (χ2v) is 9.64. The topological polar surface area (TPSA) is 104 Å². The number of aliphatic hydroxyl groups is 2. The van der Waals surface area contributed by atoms with Gasteiger partial charge >= 0.3 is 0 Å². The second kappa shape index (κ2) is 11.9. The van der Waals surface area contributed by atoms with E-state index in [4.69, 9.17) is 9.47 Å². The van der Waals surface area contributed by atoms with Crippen LogP contribution < -0.4 is 5.32 Å². The zero-order valence-electron chi connectivity index (χ0n) is 20.7. The van der Waals surface area contributed by atoms with Crippen LogP contribution in [0, 0.1) is 0 Å². The van der Waals surface area contributed by atoms with Gasteiger partial charge in [0.2, 0.25) is 0 Å². The van der Waals surface area contributed by atoms with Crippen molar-refractivity contribution in [3.8, 4) is 0 Å². The van der Waals surface area contributed by atoms with Crippen LogP contribution in [-0.2, 0) is 16.1 Å². The average Bonchev–Trinajstić information content (AvgIpc) is 3.40. The Morgan fingerprint density at radius 1 is 1.05 bits per heavy atom. The van der Waals surface area contributed by atoms with Crippen LogP contribution in [0.1, 0.15) is 58.7 Å². The van der Waals surface area contributed by atoms with Crippen LogP contribution in [-0.4, -0.2) is 57.8 Å². The van der Waals surface area contributed by atoms with Gasteiger partial charge in [-0.25, -0.2) is 0 Å². The van der Waals surface area contributed by atoms with Crippen LogP contribution >= 0.6 is 0 Å². The Morgan fingerprint density at radius 3 is 2.68 bits per heavy atom. The molecule has 37 heavy (non-hydrogen) atoms. The van der Waals surface area contributed by atoms with Gasteiger partial charge in [-0.3, -0.25) is 14.7 Å². The van der Waals surface area contributed by atoms with Crippen molar-refractivity contribution < 1.29 is 24.5 Å². The van der Waals surface area contributed by atoms with Gasteiger partial charge < -0.3 is 25.0 Å². The Morgan fingerprint density at radius 2 is 1.92 bits per heavy atom. The number of ether oxygens (including phenoxy) is 2. The molecule has 0 saturated carbocycles. The van der Waals surface area contributed by atoms with Gasteiger partial charge in [0.1, 0.15) is 0 Å². The minimum Gasteiger partial charge on any atom is -0.395 e. The standard InChI is InChI=1S/C29H33N3O5/c33-18-20-8-10-21(11-9-20)27-15-26(17-32-13-3-7-25(32)19-34)36-29(37-27)22-4-1-6-24(14-22)31-28(35)23-5-2-12-30-16-23/h1-2,4-6,8-12,14,16,25-27,29,33-34H,3,7,13,15,17-19H2,(H,31,35)/t25-,26+,27-,29-/m0/s1. The summed E-state index contributed by atoms with van der Waals surface area (Å²) in [6.45, 7) is 1.81. The number of pyridine rings is 1. The number of aromatic nitrogens is 1. The van der Waals surface area contributed by atoms with Gasteiger partial charge in [0, 0.05) is 42.7 Å². The Kier molecular flexibility index (Phi) is 8.23. The predicted molar refractivity (Wildman–Crippen MR) is 139 cm³/mol. The van der Waals surface area contributed by atoms with Crippen molar-refractivity contribution in [3.63, 3.8) is 0 Å². The number of nitrogens with one attached hydrogen (secondary N) is 1. The van der Waals surface area contributed by atoms with Crippen molar-refractivity contribution in [3.05, 3.63) is 95.3 Å². The van der Waals surface area contributed by atoms with E-state index >= 15 is 0 Å². The number of hydrogen-bond donors (Lipinski definition) is 3. The monoisotopic (exact) mass is 503 g/mol. The third-order valence-electron chi connectivity index (χ3n) is 7.10. The summed E-state index contributed by atoms with van der Waals surface area (Å²) in [7, 11) is 0. The first kappa shape index (κ1) is 25.5. The molecule has 2 aliphatic heterocycles. The number of benzene rings is 2. The summed E-state index contributed by atoms with van der Waals surface area (Å²) < 4.78 is 12.9. The third kappa shape index (κ3) is 6.23. The molecule has 3 heterocycles. The summed E-state index contributed by atoms with van der Waals surface area (Å²) in [6.07, 6.45) is 5.00. The Bertz CT molecular complexity index is 1170. The molecule has 1 aromatic heterocycles. The zero-order valence-corrected chi connectivity index (χ0v) is 20.7. The lowest BCUT2D eigenvalue weighted by molar-refractivity contribution is -0.253. The highest BCUT2D eigenvalue weighted by molar-refractivity contribution is 6.04. The van der Waals surface area contributed by atoms with E-state index in [1.54, 1.807) is 18.3 Å². The van der Waals surface area contributed by atoms with Crippen molar-refractivity contribution >= 4 is 11.6 Å². The molecule has 4 atom stereocenters. The van der Waals surface area contributed by atoms with Gasteiger partial charge in [0.05, 0.1) is 31.0 Å². The zero-order chi connectivity index (χ0) is 25.6. The van der Waals surface area contributed by atoms with Crippen LogP contribution in [0.4, 0.5) is 5.69 Å². The molecule has 2 aliphatic rings. The molecule has 8 heteroatoms. The van der Waals surface area contributed by atoms with Crippen molar-refractivity contribution in [1.82, 2.24) is 9.88 Å². The van der Waals surface area contributed by atoms with Crippen LogP contribution in [0.2, 0.25) is 0 Å². The van der Waals surface area contributed by atoms with Crippen LogP contribution in [0.15, 0.2) is 73.1 Å². The Labute approximate surface area is 216 Å². The number of carbonyl (C=O) groups excluding carboxylic acids is 1. The summed E-state index contributed by atoms with van der Waals surface area (Å²) in [5.41, 5.74) is 3.81. The molecule has 8 nitrogen and oxygen atoms in total. The van der Waals surface area contributed by atoms with E-state index in [-0.39, 0.29) is 37.4 Å². The van der Waals surface area contributed by atoms with E-state index in [9.17, 15) is 15.0 Å². The summed E-state index contributed by atoms with van der Waals surface area (Å²) in [6, 6.07) is 18.9. The summed E-state index contributed by atoms with van der Waals surface area (Å²) >= 11 is 0. The molecule has 0 aliphatic carbocycles. The van der Waals surface area contributed by atoms with Crippen molar-refractivity contribution in [1.29, 1.82) is 0 Å². The Hall–Kier alpha value is -3.14. The second-order valence-electron chi connectivity index (χ2n) is 9.64. The minimum absolute atomic E-state index is 0.00473. The number of hydrogen-bond acceptors (Lipinski definition) is 7. The average molecular weight is 504 g/mol. The molecule has 2 aromatic carbocycles. The van der Waals surface area contributed by atoms with Gasteiger partial charge in [-0.1, -0.05) is 36.4 Å². The quantitative estimate of drug-likeness (QED) is 0.429. The molecule has 0 unspecified atom stereocenters. The molecule has 3 aromatic rings. The highest BCUT2D eigenvalue weighted by Gasteiger charge is 2.35. The fourth-order valence-corrected chi connectivity index (χ4v) is 5.10. The van der Waals surface area contributed by atoms with Gasteiger partial charge in [-0.2, -0.15) is 0 Å². The highest BCUT2D eigenvalue weighted by atomic mass is 16.7. The lowest BCUT2D eigenvalue weighted by Gasteiger charge is -2.38. The molecule has 0 radical (unpaired) electrons. The molecule has 2 fully saturated rings. The van der Waals surface area contributed by atoms with Crippen molar-refractivity contribution in [2.24, 2.45) is 0 Å². The molecular formula is C29H33N3O5. The van der Waals surface area contributed by atoms with E-state index in [1.807, 2.05) is 48.5 Å². The first-order valence-corrected chi connectivity index (χ1v) is 12.8. The number of aliphatic hydroxyl groups excluding tert-OH is 2. The van der Waals surface area contributed by atoms with E-state index in [1.165, 1.54) is 6.20 Å². The predicted octanol–water partition coefficient (Wildman–Crippen LogP) is 3.83. The normalized spacial score (nSPS) is 24.2. The fourth-order valence-electron chi connectivity index (χ4n) is 5.10. The summed E-state index contributed by atoms with van der Waals surface area (Å²) in [4.78, 5) is 19.0. The highest BCUT2D eigenvalue weighted by Crippen LogP contribution is 2.39. The molecular weight excluding hydrogens is 470 g/mol.